The van der Waals surface area contributed by atoms with Crippen molar-refractivity contribution in [3.63, 3.8) is 0 Å². The number of carbonyl (C=O) groups is 1. The highest BCUT2D eigenvalue weighted by atomic mass is 32.2. The molecular formula is C30H24N4O8S2. The van der Waals surface area contributed by atoms with Crippen molar-refractivity contribution in [3.05, 3.63) is 129 Å². The predicted octanol–water partition coefficient (Wildman–Crippen LogP) is 5.13. The lowest BCUT2D eigenvalue weighted by molar-refractivity contribution is -0.394. The smallest absolute Gasteiger partial charge is 0.338 e. The summed E-state index contributed by atoms with van der Waals surface area (Å²) in [6.07, 6.45) is 3.59. The average molecular weight is 633 g/mol. The van der Waals surface area contributed by atoms with Crippen molar-refractivity contribution < 1.29 is 24.1 Å². The van der Waals surface area contributed by atoms with Crippen LogP contribution in [0.3, 0.4) is 0 Å². The van der Waals surface area contributed by atoms with Crippen LogP contribution < -0.4 is 19.6 Å². The second-order valence-corrected chi connectivity index (χ2v) is 11.3. The van der Waals surface area contributed by atoms with Gasteiger partial charge in [0.25, 0.3) is 11.2 Å². The Morgan fingerprint density at radius 2 is 1.84 bits per heavy atom. The normalized spacial score (nSPS) is 14.5. The standard InChI is InChI=1S/C30H24N4O8S2/c1-4-41-29(36)26-17(2)31-30-32(27(26)19-8-11-22(43-3)12-9-19)28(35)25(44-30)15-18-6-5-7-21(14-18)42-24-13-10-20(33(37)38)16-23(24)34(39)40/h5-16,27H,4H2,1-3H3/b25-15-/t27-/m1/s1. The third kappa shape index (κ3) is 6.02. The number of fused-ring (bicyclic) bond motifs is 1. The second kappa shape index (κ2) is 12.7. The zero-order valence-electron chi connectivity index (χ0n) is 23.6. The SMILES string of the molecule is CCOC(=O)C1=C(C)N=c2s/c(=C\c3cccc(Oc4ccc([N+](=O)[O-])cc4[N+](=O)[O-])c3)c(=O)n2[C@@H]1c1ccc(SC)cc1. The quantitative estimate of drug-likeness (QED) is 0.106. The van der Waals surface area contributed by atoms with E-state index in [0.29, 0.717) is 20.6 Å². The Morgan fingerprint density at radius 3 is 2.50 bits per heavy atom. The van der Waals surface area contributed by atoms with Crippen molar-refractivity contribution in [2.75, 3.05) is 12.9 Å². The molecule has 44 heavy (non-hydrogen) atoms. The largest absolute Gasteiger partial charge is 0.463 e. The van der Waals surface area contributed by atoms with E-state index in [9.17, 15) is 29.8 Å². The summed E-state index contributed by atoms with van der Waals surface area (Å²) >= 11 is 2.73. The second-order valence-electron chi connectivity index (χ2n) is 9.42. The molecule has 0 fully saturated rings. The molecule has 1 atom stereocenters. The predicted molar refractivity (Wildman–Crippen MR) is 165 cm³/mol. The topological polar surface area (TPSA) is 156 Å². The number of nitro groups is 2. The van der Waals surface area contributed by atoms with E-state index in [2.05, 4.69) is 4.99 Å². The van der Waals surface area contributed by atoms with Gasteiger partial charge in [0.1, 0.15) is 5.75 Å². The molecule has 0 saturated carbocycles. The van der Waals surface area contributed by atoms with Crippen LogP contribution in [0.4, 0.5) is 11.4 Å². The van der Waals surface area contributed by atoms with Gasteiger partial charge in [-0.15, -0.1) is 11.8 Å². The third-order valence-electron chi connectivity index (χ3n) is 6.68. The number of aromatic nitrogens is 1. The first-order valence-corrected chi connectivity index (χ1v) is 15.2. The summed E-state index contributed by atoms with van der Waals surface area (Å²) in [5, 5.41) is 22.6. The van der Waals surface area contributed by atoms with E-state index >= 15 is 0 Å². The molecule has 0 bridgehead atoms. The van der Waals surface area contributed by atoms with Crippen molar-refractivity contribution in [3.8, 4) is 11.5 Å². The number of nitro benzene ring substituents is 2. The number of esters is 1. The summed E-state index contributed by atoms with van der Waals surface area (Å²) < 4.78 is 12.9. The van der Waals surface area contributed by atoms with E-state index in [1.165, 1.54) is 4.57 Å². The van der Waals surface area contributed by atoms with Crippen LogP contribution in [0.15, 0.2) is 92.7 Å². The van der Waals surface area contributed by atoms with Gasteiger partial charge in [0.05, 0.1) is 44.4 Å². The Hall–Kier alpha value is -5.08. The molecule has 1 aliphatic heterocycles. The number of allylic oxidation sites excluding steroid dienone is 1. The Morgan fingerprint density at radius 1 is 1.09 bits per heavy atom. The molecule has 0 amide bonds. The van der Waals surface area contributed by atoms with Crippen LogP contribution in [0.1, 0.15) is 31.0 Å². The van der Waals surface area contributed by atoms with Crippen LogP contribution in [-0.2, 0) is 9.53 Å². The lowest BCUT2D eigenvalue weighted by Gasteiger charge is -2.24. The molecule has 0 aliphatic carbocycles. The Bertz CT molecular complexity index is 2020. The maximum Gasteiger partial charge on any atom is 0.338 e. The fourth-order valence-corrected chi connectivity index (χ4v) is 6.14. The van der Waals surface area contributed by atoms with Gasteiger partial charge in [-0.1, -0.05) is 35.6 Å². The minimum Gasteiger partial charge on any atom is -0.463 e. The van der Waals surface area contributed by atoms with Crippen LogP contribution in [-0.4, -0.2) is 33.2 Å². The number of hydrogen-bond acceptors (Lipinski definition) is 11. The number of carbonyl (C=O) groups excluding carboxylic acids is 1. The number of nitrogens with zero attached hydrogens (tertiary/aromatic N) is 4. The van der Waals surface area contributed by atoms with Gasteiger partial charge < -0.3 is 9.47 Å². The summed E-state index contributed by atoms with van der Waals surface area (Å²) in [6, 6.07) is 16.5. The van der Waals surface area contributed by atoms with Crippen molar-refractivity contribution in [1.82, 2.24) is 4.57 Å². The molecule has 12 nitrogen and oxygen atoms in total. The molecule has 14 heteroatoms. The van der Waals surface area contributed by atoms with Gasteiger partial charge in [-0.3, -0.25) is 29.6 Å². The molecule has 0 spiro atoms. The maximum atomic E-state index is 13.9. The number of thiazole rings is 1. The monoisotopic (exact) mass is 632 g/mol. The number of rotatable bonds is 9. The zero-order chi connectivity index (χ0) is 31.5. The molecule has 0 unspecified atom stereocenters. The number of ether oxygens (including phenoxy) is 2. The molecule has 4 aromatic rings. The summed E-state index contributed by atoms with van der Waals surface area (Å²) in [4.78, 5) is 54.1. The van der Waals surface area contributed by atoms with Gasteiger partial charge in [-0.2, -0.15) is 0 Å². The molecule has 2 heterocycles. The third-order valence-corrected chi connectivity index (χ3v) is 8.41. The highest BCUT2D eigenvalue weighted by Crippen LogP contribution is 2.35. The molecule has 1 aromatic heterocycles. The molecule has 1 aliphatic rings. The zero-order valence-corrected chi connectivity index (χ0v) is 25.2. The van der Waals surface area contributed by atoms with E-state index < -0.39 is 33.2 Å². The fourth-order valence-electron chi connectivity index (χ4n) is 4.69. The summed E-state index contributed by atoms with van der Waals surface area (Å²) in [5.74, 6) is -0.505. The average Bonchev–Trinajstić information content (AvgIpc) is 3.30. The van der Waals surface area contributed by atoms with Crippen LogP contribution in [0, 0.1) is 20.2 Å². The number of thioether (sulfide) groups is 1. The van der Waals surface area contributed by atoms with Gasteiger partial charge in [-0.25, -0.2) is 9.79 Å². The van der Waals surface area contributed by atoms with Gasteiger partial charge in [0.15, 0.2) is 4.80 Å². The first-order chi connectivity index (χ1) is 21.1. The Kier molecular flexibility index (Phi) is 8.73. The highest BCUT2D eigenvalue weighted by Gasteiger charge is 2.33. The van der Waals surface area contributed by atoms with Crippen molar-refractivity contribution in [2.24, 2.45) is 4.99 Å². The van der Waals surface area contributed by atoms with Crippen molar-refractivity contribution in [1.29, 1.82) is 0 Å². The van der Waals surface area contributed by atoms with E-state index in [1.807, 2.05) is 30.5 Å². The number of hydrogen-bond donors (Lipinski definition) is 0. The van der Waals surface area contributed by atoms with E-state index in [4.69, 9.17) is 9.47 Å². The lowest BCUT2D eigenvalue weighted by atomic mass is 9.96. The molecule has 224 valence electrons. The Labute approximate surface area is 257 Å². The van der Waals surface area contributed by atoms with Crippen molar-refractivity contribution >= 4 is 46.5 Å². The van der Waals surface area contributed by atoms with Gasteiger partial charge >= 0.3 is 11.7 Å². The molecule has 0 radical (unpaired) electrons. The first kappa shape index (κ1) is 30.4. The molecule has 0 N–H and O–H groups in total. The van der Waals surface area contributed by atoms with Gasteiger partial charge in [0.2, 0.25) is 5.75 Å². The summed E-state index contributed by atoms with van der Waals surface area (Å²) in [5.41, 5.74) is 0.661. The van der Waals surface area contributed by atoms with Gasteiger partial charge in [-0.05, 0) is 67.6 Å². The van der Waals surface area contributed by atoms with E-state index in [1.54, 1.807) is 56.0 Å². The van der Waals surface area contributed by atoms with Crippen LogP contribution in [0.2, 0.25) is 0 Å². The molecule has 0 saturated heterocycles. The summed E-state index contributed by atoms with van der Waals surface area (Å²) in [7, 11) is 0. The minimum absolute atomic E-state index is 0.166. The van der Waals surface area contributed by atoms with E-state index in [0.717, 1.165) is 40.0 Å². The maximum absolute atomic E-state index is 13.9. The van der Waals surface area contributed by atoms with Gasteiger partial charge in [0, 0.05) is 11.0 Å². The summed E-state index contributed by atoms with van der Waals surface area (Å²) in [6.45, 7) is 3.59. The van der Waals surface area contributed by atoms with E-state index in [-0.39, 0.29) is 29.2 Å². The number of non-ortho nitro benzene ring substituents is 1. The lowest BCUT2D eigenvalue weighted by Crippen LogP contribution is -2.39. The molecule has 5 rings (SSSR count). The highest BCUT2D eigenvalue weighted by molar-refractivity contribution is 7.98. The van der Waals surface area contributed by atoms with Crippen LogP contribution >= 0.6 is 23.1 Å². The number of benzene rings is 3. The molecular weight excluding hydrogens is 608 g/mol. The van der Waals surface area contributed by atoms with Crippen molar-refractivity contribution in [2.45, 2.75) is 24.8 Å². The fraction of sp³-hybridized carbons (Fsp3) is 0.167. The molecule has 3 aromatic carbocycles. The Balaban J connectivity index is 1.57. The minimum atomic E-state index is -0.759. The first-order valence-electron chi connectivity index (χ1n) is 13.2. The van der Waals surface area contributed by atoms with Crippen LogP contribution in [0.25, 0.3) is 6.08 Å². The van der Waals surface area contributed by atoms with Crippen LogP contribution in [0.5, 0.6) is 11.5 Å².